The van der Waals surface area contributed by atoms with E-state index in [9.17, 15) is 15.0 Å². The van der Waals surface area contributed by atoms with Crippen LogP contribution in [0.2, 0.25) is 0 Å². The van der Waals surface area contributed by atoms with Crippen LogP contribution in [-0.4, -0.2) is 72.0 Å². The summed E-state index contributed by atoms with van der Waals surface area (Å²) in [5, 5.41) is 21.3. The number of hydrogen-bond donors (Lipinski definition) is 2. The molecular formula is C44H81BrClNO4. The van der Waals surface area contributed by atoms with Gasteiger partial charge in [0.25, 0.3) is 0 Å². The van der Waals surface area contributed by atoms with Crippen molar-refractivity contribution in [1.29, 1.82) is 0 Å². The molecule has 51 heavy (non-hydrogen) atoms. The molecular weight excluding hydrogens is 722 g/mol. The Kier molecular flexibility index (Phi) is 27.6. The van der Waals surface area contributed by atoms with Crippen molar-refractivity contribution in [3.8, 4) is 0 Å². The molecule has 0 bridgehead atoms. The van der Waals surface area contributed by atoms with E-state index in [1.807, 2.05) is 0 Å². The summed E-state index contributed by atoms with van der Waals surface area (Å²) >= 11 is 6.65. The molecule has 2 saturated carbocycles. The number of halogens is 2. The van der Waals surface area contributed by atoms with E-state index in [4.69, 9.17) is 16.3 Å². The first-order chi connectivity index (χ1) is 24.1. The van der Waals surface area contributed by atoms with E-state index >= 15 is 0 Å². The average Bonchev–Trinajstić information content (AvgIpc) is 3.33. The number of alkyl halides is 1. The molecule has 0 aromatic rings. The molecule has 2 N–H and O–H groups in total. The number of allylic oxidation sites excluding steroid dienone is 2. The third-order valence-electron chi connectivity index (χ3n) is 12.3. The minimum Gasteiger partial charge on any atom is -1.00 e. The predicted molar refractivity (Wildman–Crippen MR) is 214 cm³/mol. The van der Waals surface area contributed by atoms with Crippen molar-refractivity contribution in [3.63, 3.8) is 0 Å². The van der Waals surface area contributed by atoms with E-state index in [-0.39, 0.29) is 51.7 Å². The van der Waals surface area contributed by atoms with Gasteiger partial charge in [-0.25, -0.2) is 0 Å². The van der Waals surface area contributed by atoms with Crippen LogP contribution in [-0.2, 0) is 9.53 Å². The van der Waals surface area contributed by atoms with Gasteiger partial charge in [-0.2, -0.15) is 0 Å². The van der Waals surface area contributed by atoms with Crippen molar-refractivity contribution in [2.24, 2.45) is 17.3 Å². The van der Waals surface area contributed by atoms with Crippen LogP contribution in [0.5, 0.6) is 0 Å². The highest BCUT2D eigenvalue weighted by molar-refractivity contribution is 6.21. The summed E-state index contributed by atoms with van der Waals surface area (Å²) in [6, 6.07) is 0. The average molecular weight is 803 g/mol. The van der Waals surface area contributed by atoms with Crippen molar-refractivity contribution in [2.75, 3.05) is 33.8 Å². The van der Waals surface area contributed by atoms with Crippen LogP contribution >= 0.6 is 11.6 Å². The molecule has 7 heteroatoms. The quantitative estimate of drug-likeness (QED) is 0.0243. The molecule has 0 aliphatic heterocycles. The number of rotatable bonds is 31. The van der Waals surface area contributed by atoms with Gasteiger partial charge in [-0.3, -0.25) is 4.79 Å². The Morgan fingerprint density at radius 1 is 0.843 bits per heavy atom. The Morgan fingerprint density at radius 2 is 1.41 bits per heavy atom. The van der Waals surface area contributed by atoms with Gasteiger partial charge in [0, 0.05) is 17.7 Å². The van der Waals surface area contributed by atoms with Crippen LogP contribution in [0, 0.1) is 17.3 Å². The molecule has 0 aromatic heterocycles. The molecule has 0 saturated heterocycles. The van der Waals surface area contributed by atoms with Crippen molar-refractivity contribution in [1.82, 2.24) is 0 Å². The summed E-state index contributed by atoms with van der Waals surface area (Å²) < 4.78 is 6.49. The molecule has 2 aliphatic carbocycles. The van der Waals surface area contributed by atoms with Crippen LogP contribution in [0.4, 0.5) is 0 Å². The molecule has 5 atom stereocenters. The lowest BCUT2D eigenvalue weighted by atomic mass is 9.63. The lowest BCUT2D eigenvalue weighted by Crippen LogP contribution is -3.00. The van der Waals surface area contributed by atoms with Crippen LogP contribution in [0.1, 0.15) is 181 Å². The van der Waals surface area contributed by atoms with Crippen molar-refractivity contribution >= 4 is 17.6 Å². The van der Waals surface area contributed by atoms with Gasteiger partial charge in [-0.15, -0.1) is 11.6 Å². The summed E-state index contributed by atoms with van der Waals surface area (Å²) in [6.07, 6.45) is 38.7. The summed E-state index contributed by atoms with van der Waals surface area (Å²) in [5.74, 6) is 0.112. The number of likely N-dealkylation sites (N-methyl/N-ethyl adjacent to an activating group) is 1. The zero-order valence-electron chi connectivity index (χ0n) is 33.6. The third-order valence-corrected chi connectivity index (χ3v) is 12.8. The van der Waals surface area contributed by atoms with E-state index in [0.717, 1.165) is 56.1 Å². The monoisotopic (exact) mass is 802 g/mol. The van der Waals surface area contributed by atoms with Gasteiger partial charge in [-0.1, -0.05) is 134 Å². The number of quaternary nitrogens is 1. The Bertz CT molecular complexity index is 917. The first kappa shape index (κ1) is 48.6. The van der Waals surface area contributed by atoms with Gasteiger partial charge in [0.15, 0.2) is 0 Å². The van der Waals surface area contributed by atoms with Crippen molar-refractivity contribution < 1.29 is 41.2 Å². The van der Waals surface area contributed by atoms with E-state index in [1.165, 1.54) is 109 Å². The van der Waals surface area contributed by atoms with Crippen molar-refractivity contribution in [3.05, 3.63) is 24.3 Å². The lowest BCUT2D eigenvalue weighted by Gasteiger charge is -2.45. The lowest BCUT2D eigenvalue weighted by molar-refractivity contribution is -0.890. The maximum Gasteiger partial charge on any atom is 0.306 e. The standard InChI is InChI=1S/C44H81ClNO4.BrH/c1-5-7-8-9-10-11-12-13-14-15-16-17-18-19-22-25-34-46(3,4)35-36-50-43(49)31-24-21-20-23-28-38-39(41(47)37-40(38)45)29-26-30-42(48)44(6-2)32-27-33-44;/h20,23,26,29,38-42,47-48H,5-19,21-22,24-25,27-28,30-37H2,1-4H3;1H/q+1;/p-1/t38-,39-,40-,41-,42+;/m1./s1. The van der Waals surface area contributed by atoms with Gasteiger partial charge in [0.2, 0.25) is 0 Å². The second-order valence-electron chi connectivity index (χ2n) is 16.8. The number of aliphatic hydroxyl groups is 2. The van der Waals surface area contributed by atoms with Crippen LogP contribution in [0.25, 0.3) is 0 Å². The molecule has 0 radical (unpaired) electrons. The minimum atomic E-state index is -0.430. The SMILES string of the molecule is CCCCCCCCCCCCCCCCCC[N+](C)(C)CCOC(=O)CCCC=CC[C@@H]1[C@@H](C=CC[C@H](O)C2(CC)CCC2)[C@H](O)C[C@H]1Cl.[Br-]. The Labute approximate surface area is 331 Å². The molecule has 5 nitrogen and oxygen atoms in total. The molecule has 0 unspecified atom stereocenters. The topological polar surface area (TPSA) is 66.8 Å². The summed E-state index contributed by atoms with van der Waals surface area (Å²) in [4.78, 5) is 12.3. The summed E-state index contributed by atoms with van der Waals surface area (Å²) in [5.41, 5.74) is 0.100. The van der Waals surface area contributed by atoms with Gasteiger partial charge in [0.1, 0.15) is 13.2 Å². The largest absolute Gasteiger partial charge is 1.00 e. The Hall–Kier alpha value is -0.400. The fourth-order valence-corrected chi connectivity index (χ4v) is 8.70. The second-order valence-corrected chi connectivity index (χ2v) is 17.4. The normalized spacial score (nSPS) is 22.3. The highest BCUT2D eigenvalue weighted by Crippen LogP contribution is 2.48. The zero-order valence-corrected chi connectivity index (χ0v) is 36.0. The number of hydrogen-bond acceptors (Lipinski definition) is 4. The number of carbonyl (C=O) groups is 1. The molecule has 2 aliphatic rings. The smallest absolute Gasteiger partial charge is 0.306 e. The third kappa shape index (κ3) is 20.7. The molecule has 300 valence electrons. The predicted octanol–water partition coefficient (Wildman–Crippen LogP) is 8.48. The van der Waals surface area contributed by atoms with Gasteiger partial charge in [0.05, 0.1) is 32.8 Å². The molecule has 2 rings (SSSR count). The van der Waals surface area contributed by atoms with Crippen molar-refractivity contribution in [2.45, 2.75) is 198 Å². The number of ether oxygens (including phenoxy) is 1. The molecule has 0 amide bonds. The number of carbonyl (C=O) groups excluding carboxylic acids is 1. The van der Waals surface area contributed by atoms with Crippen LogP contribution in [0.15, 0.2) is 24.3 Å². The van der Waals surface area contributed by atoms with E-state index in [2.05, 4.69) is 52.2 Å². The molecule has 0 aromatic carbocycles. The number of aliphatic hydroxyl groups excluding tert-OH is 2. The van der Waals surface area contributed by atoms with Gasteiger partial charge >= 0.3 is 5.97 Å². The maximum atomic E-state index is 12.3. The second kappa shape index (κ2) is 29.0. The number of nitrogens with zero attached hydrogens (tertiary/aromatic N) is 1. The summed E-state index contributed by atoms with van der Waals surface area (Å²) in [6.45, 7) is 6.97. The molecule has 2 fully saturated rings. The Morgan fingerprint density at radius 3 is 1.94 bits per heavy atom. The fraction of sp³-hybridized carbons (Fsp3) is 0.886. The summed E-state index contributed by atoms with van der Waals surface area (Å²) in [7, 11) is 4.50. The molecule has 0 heterocycles. The highest BCUT2D eigenvalue weighted by atomic mass is 79.9. The zero-order chi connectivity index (χ0) is 36.5. The van der Waals surface area contributed by atoms with Crippen LogP contribution < -0.4 is 17.0 Å². The first-order valence-electron chi connectivity index (χ1n) is 21.4. The fourth-order valence-electron chi connectivity index (χ4n) is 8.25. The minimum absolute atomic E-state index is 0. The van der Waals surface area contributed by atoms with E-state index < -0.39 is 6.10 Å². The number of unbranched alkanes of at least 4 members (excludes halogenated alkanes) is 16. The highest BCUT2D eigenvalue weighted by Gasteiger charge is 2.42. The molecule has 0 spiro atoms. The van der Waals surface area contributed by atoms with Crippen LogP contribution in [0.3, 0.4) is 0 Å². The van der Waals surface area contributed by atoms with E-state index in [0.29, 0.717) is 25.9 Å². The number of esters is 1. The van der Waals surface area contributed by atoms with Gasteiger partial charge in [-0.05, 0) is 75.5 Å². The van der Waals surface area contributed by atoms with Gasteiger partial charge < -0.3 is 36.4 Å². The maximum absolute atomic E-state index is 12.3. The Balaban J connectivity index is 0.0000130. The van der Waals surface area contributed by atoms with E-state index in [1.54, 1.807) is 0 Å². The first-order valence-corrected chi connectivity index (χ1v) is 21.9.